The molecule has 126 valence electrons. The fourth-order valence-electron chi connectivity index (χ4n) is 2.43. The largest absolute Gasteiger partial charge is 0.416 e. The predicted octanol–water partition coefficient (Wildman–Crippen LogP) is 5.32. The fraction of sp³-hybridized carbons (Fsp3) is 0.529. The van der Waals surface area contributed by atoms with Crippen LogP contribution in [-0.4, -0.2) is 6.17 Å². The van der Waals surface area contributed by atoms with Crippen molar-refractivity contribution < 1.29 is 13.2 Å². The summed E-state index contributed by atoms with van der Waals surface area (Å²) in [5, 5.41) is 11.8. The molecule has 1 heterocycles. The molecule has 2 rings (SSSR count). The van der Waals surface area contributed by atoms with Crippen molar-refractivity contribution in [3.63, 3.8) is 0 Å². The van der Waals surface area contributed by atoms with Gasteiger partial charge in [-0.2, -0.15) is 23.4 Å². The Balaban J connectivity index is 2.03. The first-order valence-corrected chi connectivity index (χ1v) is 7.74. The number of azo groups is 1. The summed E-state index contributed by atoms with van der Waals surface area (Å²) in [6.45, 7) is 8.09. The number of hydrogen-bond acceptors (Lipinski definition) is 3. The second-order valence-corrected chi connectivity index (χ2v) is 6.27. The van der Waals surface area contributed by atoms with E-state index < -0.39 is 11.7 Å². The molecule has 0 aromatic heterocycles. The van der Waals surface area contributed by atoms with E-state index >= 15 is 0 Å². The molecule has 0 saturated heterocycles. The first-order valence-electron chi connectivity index (χ1n) is 7.74. The van der Waals surface area contributed by atoms with E-state index in [0.717, 1.165) is 23.4 Å². The number of nitrogens with one attached hydrogen (secondary N) is 1. The zero-order chi connectivity index (χ0) is 17.2. The summed E-state index contributed by atoms with van der Waals surface area (Å²) in [4.78, 5) is 0. The molecule has 1 aromatic carbocycles. The Morgan fingerprint density at radius 2 is 1.70 bits per heavy atom. The maximum atomic E-state index is 12.6. The van der Waals surface area contributed by atoms with Gasteiger partial charge in [0.05, 0.1) is 11.3 Å². The van der Waals surface area contributed by atoms with Crippen LogP contribution in [0.15, 0.2) is 46.3 Å². The van der Waals surface area contributed by atoms with Crippen LogP contribution >= 0.6 is 0 Å². The number of halogens is 3. The highest BCUT2D eigenvalue weighted by Gasteiger charge is 2.30. The maximum Gasteiger partial charge on any atom is 0.416 e. The molecular formula is C17H22F3N3. The highest BCUT2D eigenvalue weighted by Crippen LogP contribution is 2.30. The molecule has 0 bridgehead atoms. The van der Waals surface area contributed by atoms with E-state index in [0.29, 0.717) is 5.92 Å². The second-order valence-electron chi connectivity index (χ2n) is 6.27. The van der Waals surface area contributed by atoms with Crippen molar-refractivity contribution in [3.8, 4) is 0 Å². The summed E-state index contributed by atoms with van der Waals surface area (Å²) in [6, 6.07) is 5.10. The van der Waals surface area contributed by atoms with Crippen LogP contribution in [0.2, 0.25) is 0 Å². The van der Waals surface area contributed by atoms with Gasteiger partial charge in [-0.3, -0.25) is 5.32 Å². The van der Waals surface area contributed by atoms with Gasteiger partial charge in [-0.15, -0.1) is 0 Å². The van der Waals surface area contributed by atoms with Gasteiger partial charge in [0.1, 0.15) is 6.17 Å². The zero-order valence-electron chi connectivity index (χ0n) is 13.7. The summed E-state index contributed by atoms with van der Waals surface area (Å²) in [6.07, 6.45) is -2.39. The summed E-state index contributed by atoms with van der Waals surface area (Å²) in [7, 11) is 0. The van der Waals surface area contributed by atoms with E-state index in [1.807, 2.05) is 6.92 Å². The number of benzene rings is 1. The van der Waals surface area contributed by atoms with E-state index in [1.54, 1.807) is 0 Å². The standard InChI is InChI=1S/C17H22F3N3/c1-10(2)15-9-11(3)16(23-22-15)21-12(4)13-5-7-14(8-6-13)17(18,19)20/h5-12,16,21H,1-4H3/t11?,12-,16?/m1/s1. The van der Waals surface area contributed by atoms with Crippen LogP contribution in [0.25, 0.3) is 0 Å². The van der Waals surface area contributed by atoms with E-state index in [9.17, 15) is 13.2 Å². The third-order valence-corrected chi connectivity index (χ3v) is 3.98. The average Bonchev–Trinajstić information content (AvgIpc) is 2.48. The lowest BCUT2D eigenvalue weighted by molar-refractivity contribution is -0.137. The lowest BCUT2D eigenvalue weighted by Gasteiger charge is -2.26. The molecule has 2 unspecified atom stereocenters. The van der Waals surface area contributed by atoms with E-state index in [1.165, 1.54) is 12.1 Å². The van der Waals surface area contributed by atoms with Crippen LogP contribution in [0.3, 0.4) is 0 Å². The number of hydrogen-bond donors (Lipinski definition) is 1. The minimum Gasteiger partial charge on any atom is -0.287 e. The van der Waals surface area contributed by atoms with Crippen LogP contribution in [0.4, 0.5) is 13.2 Å². The molecule has 23 heavy (non-hydrogen) atoms. The lowest BCUT2D eigenvalue weighted by Crippen LogP contribution is -2.35. The molecule has 1 N–H and O–H groups in total. The molecule has 3 atom stereocenters. The van der Waals surface area contributed by atoms with Crippen LogP contribution < -0.4 is 5.32 Å². The van der Waals surface area contributed by atoms with Gasteiger partial charge in [-0.05, 0) is 30.5 Å². The van der Waals surface area contributed by atoms with E-state index in [4.69, 9.17) is 0 Å². The summed E-state index contributed by atoms with van der Waals surface area (Å²) in [5.74, 6) is 0.510. The molecule has 0 spiro atoms. The summed E-state index contributed by atoms with van der Waals surface area (Å²) in [5.41, 5.74) is 1.13. The topological polar surface area (TPSA) is 36.8 Å². The van der Waals surface area contributed by atoms with Crippen molar-refractivity contribution in [2.45, 2.75) is 46.1 Å². The molecule has 1 aliphatic heterocycles. The Kier molecular flexibility index (Phi) is 5.24. The van der Waals surface area contributed by atoms with Crippen molar-refractivity contribution >= 4 is 0 Å². The third-order valence-electron chi connectivity index (χ3n) is 3.98. The van der Waals surface area contributed by atoms with Crippen molar-refractivity contribution in [1.29, 1.82) is 0 Å². The fourth-order valence-corrected chi connectivity index (χ4v) is 2.43. The van der Waals surface area contributed by atoms with Crippen LogP contribution in [0, 0.1) is 11.8 Å². The average molecular weight is 325 g/mol. The maximum absolute atomic E-state index is 12.6. The Labute approximate surface area is 134 Å². The highest BCUT2D eigenvalue weighted by atomic mass is 19.4. The predicted molar refractivity (Wildman–Crippen MR) is 83.7 cm³/mol. The van der Waals surface area contributed by atoms with Crippen molar-refractivity contribution in [2.75, 3.05) is 0 Å². The molecule has 0 aliphatic carbocycles. The van der Waals surface area contributed by atoms with Crippen LogP contribution in [0.1, 0.15) is 44.9 Å². The minimum atomic E-state index is -4.31. The Bertz CT molecular complexity index is 588. The van der Waals surface area contributed by atoms with E-state index in [-0.39, 0.29) is 18.1 Å². The quantitative estimate of drug-likeness (QED) is 0.798. The molecule has 0 fully saturated rings. The van der Waals surface area contributed by atoms with Gasteiger partial charge in [-0.25, -0.2) is 0 Å². The van der Waals surface area contributed by atoms with Gasteiger partial charge < -0.3 is 0 Å². The number of nitrogens with zero attached hydrogens (tertiary/aromatic N) is 2. The van der Waals surface area contributed by atoms with Crippen molar-refractivity contribution in [1.82, 2.24) is 5.32 Å². The molecule has 1 aromatic rings. The molecule has 0 radical (unpaired) electrons. The van der Waals surface area contributed by atoms with Gasteiger partial charge in [0.2, 0.25) is 0 Å². The second kappa shape index (κ2) is 6.83. The summed E-state index contributed by atoms with van der Waals surface area (Å²) >= 11 is 0. The van der Waals surface area contributed by atoms with Gasteiger partial charge in [0.25, 0.3) is 0 Å². The smallest absolute Gasteiger partial charge is 0.287 e. The van der Waals surface area contributed by atoms with Gasteiger partial charge in [0, 0.05) is 12.0 Å². The molecule has 0 amide bonds. The van der Waals surface area contributed by atoms with E-state index in [2.05, 4.69) is 42.4 Å². The lowest BCUT2D eigenvalue weighted by atomic mass is 9.99. The first kappa shape index (κ1) is 17.7. The molecule has 3 nitrogen and oxygen atoms in total. The van der Waals surface area contributed by atoms with Crippen LogP contribution in [0.5, 0.6) is 0 Å². The number of alkyl halides is 3. The molecule has 0 saturated carbocycles. The van der Waals surface area contributed by atoms with Gasteiger partial charge in [0.15, 0.2) is 0 Å². The molecule has 6 heteroatoms. The van der Waals surface area contributed by atoms with Crippen molar-refractivity contribution in [2.24, 2.45) is 22.1 Å². The minimum absolute atomic E-state index is 0.113. The summed E-state index contributed by atoms with van der Waals surface area (Å²) < 4.78 is 37.8. The monoisotopic (exact) mass is 325 g/mol. The third kappa shape index (κ3) is 4.41. The van der Waals surface area contributed by atoms with Crippen molar-refractivity contribution in [3.05, 3.63) is 47.2 Å². The molecule has 1 aliphatic rings. The Morgan fingerprint density at radius 1 is 1.09 bits per heavy atom. The molecular weight excluding hydrogens is 303 g/mol. The Morgan fingerprint density at radius 3 is 2.17 bits per heavy atom. The highest BCUT2D eigenvalue weighted by molar-refractivity contribution is 5.26. The number of rotatable bonds is 4. The number of allylic oxidation sites excluding steroid dienone is 1. The van der Waals surface area contributed by atoms with Crippen LogP contribution in [-0.2, 0) is 6.18 Å². The SMILES string of the molecule is CC(C)C1=CC(C)C(N[C@H](C)c2ccc(C(F)(F)F)cc2)N=N1. The van der Waals surface area contributed by atoms with Gasteiger partial charge in [-0.1, -0.05) is 39.0 Å². The van der Waals surface area contributed by atoms with Gasteiger partial charge >= 0.3 is 6.18 Å². The first-order chi connectivity index (χ1) is 10.7. The normalized spacial score (nSPS) is 23.0. The Hall–Kier alpha value is -1.69. The zero-order valence-corrected chi connectivity index (χ0v) is 13.7.